The largest absolute Gasteiger partial charge is 0.338 e. The molecule has 7 heteroatoms. The van der Waals surface area contributed by atoms with E-state index in [0.717, 1.165) is 17.4 Å². The van der Waals surface area contributed by atoms with Gasteiger partial charge >= 0.3 is 0 Å². The minimum atomic E-state index is 0. The van der Waals surface area contributed by atoms with Crippen molar-refractivity contribution in [3.63, 3.8) is 0 Å². The molecule has 0 aromatic carbocycles. The predicted octanol–water partition coefficient (Wildman–Crippen LogP) is 2.84. The fraction of sp³-hybridized carbons (Fsp3) is 0.600. The van der Waals surface area contributed by atoms with E-state index in [2.05, 4.69) is 48.3 Å². The highest BCUT2D eigenvalue weighted by Gasteiger charge is 2.22. The van der Waals surface area contributed by atoms with Crippen LogP contribution < -0.4 is 4.90 Å². The Kier molecular flexibility index (Phi) is 6.56. The first kappa shape index (κ1) is 15.5. The van der Waals surface area contributed by atoms with Gasteiger partial charge in [0.05, 0.1) is 6.33 Å². The molecule has 1 aliphatic heterocycles. The maximum absolute atomic E-state index is 4.55. The number of thioether (sulfide) groups is 1. The second-order valence-electron chi connectivity index (χ2n) is 3.66. The van der Waals surface area contributed by atoms with Gasteiger partial charge in [-0.2, -0.15) is 0 Å². The van der Waals surface area contributed by atoms with Gasteiger partial charge in [-0.1, -0.05) is 22.6 Å². The number of anilines is 1. The molecule has 0 radical (unpaired) electrons. The van der Waals surface area contributed by atoms with Crippen LogP contribution in [0.15, 0.2) is 11.3 Å². The molecule has 2 heterocycles. The normalized spacial score (nSPS) is 14.1. The molecule has 0 N–H and O–H groups in total. The number of rotatable bonds is 3. The number of aliphatic imine (C=N–C) groups is 1. The molecule has 0 unspecified atom stereocenters. The second kappa shape index (κ2) is 7.17. The highest BCUT2D eigenvalue weighted by molar-refractivity contribution is 14.1. The van der Waals surface area contributed by atoms with Gasteiger partial charge in [0, 0.05) is 18.0 Å². The van der Waals surface area contributed by atoms with Gasteiger partial charge in [-0.3, -0.25) is 4.99 Å². The van der Waals surface area contributed by atoms with E-state index >= 15 is 0 Å². The summed E-state index contributed by atoms with van der Waals surface area (Å²) in [6.07, 6.45) is 5.18. The second-order valence-corrected chi connectivity index (χ2v) is 5.53. The number of hydrogen-bond donors (Lipinski definition) is 0. The van der Waals surface area contributed by atoms with Gasteiger partial charge in [0.15, 0.2) is 5.82 Å². The van der Waals surface area contributed by atoms with Crippen LogP contribution in [0.1, 0.15) is 12.1 Å². The number of halogens is 2. The van der Waals surface area contributed by atoms with Gasteiger partial charge < -0.3 is 9.47 Å². The topological polar surface area (TPSA) is 33.4 Å². The standard InChI is InChI=1S/C10H15IN4S.HI/c1-14-6-13-10(16-2)8-9(14)12-7-15(8)5-3-4-11;/h7H,3-6H2,1-2H3;1H. The highest BCUT2D eigenvalue weighted by atomic mass is 127. The van der Waals surface area contributed by atoms with Gasteiger partial charge in [-0.25, -0.2) is 4.98 Å². The predicted molar refractivity (Wildman–Crippen MR) is 94.5 cm³/mol. The molecular weight excluding hydrogens is 462 g/mol. The lowest BCUT2D eigenvalue weighted by Crippen LogP contribution is -2.26. The Morgan fingerprint density at radius 3 is 2.94 bits per heavy atom. The molecule has 0 saturated carbocycles. The van der Waals surface area contributed by atoms with Crippen molar-refractivity contribution in [3.05, 3.63) is 12.0 Å². The molecule has 2 rings (SSSR count). The smallest absolute Gasteiger partial charge is 0.158 e. The quantitative estimate of drug-likeness (QED) is 0.495. The highest BCUT2D eigenvalue weighted by Crippen LogP contribution is 2.26. The summed E-state index contributed by atoms with van der Waals surface area (Å²) in [5, 5.41) is 1.11. The van der Waals surface area contributed by atoms with Crippen LogP contribution in [0.5, 0.6) is 0 Å². The van der Waals surface area contributed by atoms with Crippen LogP contribution in [0.25, 0.3) is 0 Å². The summed E-state index contributed by atoms with van der Waals surface area (Å²) in [4.78, 5) is 11.1. The summed E-state index contributed by atoms with van der Waals surface area (Å²) < 4.78 is 3.39. The summed E-state index contributed by atoms with van der Waals surface area (Å²) >= 11 is 4.11. The van der Waals surface area contributed by atoms with Crippen molar-refractivity contribution in [2.45, 2.75) is 13.0 Å². The van der Waals surface area contributed by atoms with Crippen LogP contribution in [0, 0.1) is 0 Å². The maximum atomic E-state index is 4.55. The lowest BCUT2D eigenvalue weighted by molar-refractivity contribution is 0.682. The lowest BCUT2D eigenvalue weighted by Gasteiger charge is -2.22. The van der Waals surface area contributed by atoms with Crippen molar-refractivity contribution in [3.8, 4) is 0 Å². The Hall–Kier alpha value is 0.490. The average Bonchev–Trinajstić information content (AvgIpc) is 2.72. The molecule has 1 aliphatic rings. The van der Waals surface area contributed by atoms with E-state index in [4.69, 9.17) is 0 Å². The van der Waals surface area contributed by atoms with Crippen LogP contribution in [0.2, 0.25) is 0 Å². The van der Waals surface area contributed by atoms with E-state index in [9.17, 15) is 0 Å². The third kappa shape index (κ3) is 3.28. The van der Waals surface area contributed by atoms with Crippen molar-refractivity contribution in [1.29, 1.82) is 0 Å². The average molecular weight is 478 g/mol. The number of alkyl halides is 1. The molecule has 4 nitrogen and oxygen atoms in total. The molecule has 96 valence electrons. The van der Waals surface area contributed by atoms with Crippen LogP contribution in [0.4, 0.5) is 5.82 Å². The minimum absolute atomic E-state index is 0. The third-order valence-electron chi connectivity index (χ3n) is 2.54. The van der Waals surface area contributed by atoms with Crippen molar-refractivity contribution >= 4 is 69.2 Å². The summed E-state index contributed by atoms with van der Waals surface area (Å²) in [6, 6.07) is 0. The first-order valence-electron chi connectivity index (χ1n) is 5.19. The number of nitrogens with zero attached hydrogens (tertiary/aromatic N) is 4. The minimum Gasteiger partial charge on any atom is -0.338 e. The molecular formula is C10H16I2N4S. The molecule has 1 aromatic heterocycles. The van der Waals surface area contributed by atoms with E-state index in [1.165, 1.54) is 16.5 Å². The number of imidazole rings is 1. The van der Waals surface area contributed by atoms with E-state index in [1.807, 2.05) is 13.4 Å². The van der Waals surface area contributed by atoms with Crippen molar-refractivity contribution in [2.24, 2.45) is 4.99 Å². The summed E-state index contributed by atoms with van der Waals surface area (Å²) in [5.41, 5.74) is 1.19. The van der Waals surface area contributed by atoms with E-state index in [0.29, 0.717) is 6.67 Å². The van der Waals surface area contributed by atoms with Crippen molar-refractivity contribution in [1.82, 2.24) is 9.55 Å². The molecule has 1 aromatic rings. The molecule has 0 fully saturated rings. The molecule has 0 spiro atoms. The monoisotopic (exact) mass is 478 g/mol. The third-order valence-corrected chi connectivity index (χ3v) is 4.01. The van der Waals surface area contributed by atoms with Crippen LogP contribution in [-0.4, -0.2) is 39.0 Å². The number of aromatic nitrogens is 2. The van der Waals surface area contributed by atoms with Gasteiger partial charge in [-0.05, 0) is 12.7 Å². The Balaban J connectivity index is 0.00000144. The Labute approximate surface area is 137 Å². The maximum Gasteiger partial charge on any atom is 0.158 e. The molecule has 0 saturated heterocycles. The van der Waals surface area contributed by atoms with Crippen LogP contribution >= 0.6 is 58.3 Å². The van der Waals surface area contributed by atoms with Gasteiger partial charge in [0.25, 0.3) is 0 Å². The SMILES string of the molecule is CSC1=NCN(C)c2ncn(CCCI)c21.I. The summed E-state index contributed by atoms with van der Waals surface area (Å²) in [5.74, 6) is 1.06. The molecule has 0 amide bonds. The van der Waals surface area contributed by atoms with Crippen LogP contribution in [0.3, 0.4) is 0 Å². The van der Waals surface area contributed by atoms with Gasteiger partial charge in [-0.15, -0.1) is 35.7 Å². The fourth-order valence-electron chi connectivity index (χ4n) is 1.74. The van der Waals surface area contributed by atoms with Crippen molar-refractivity contribution in [2.75, 3.05) is 29.3 Å². The molecule has 17 heavy (non-hydrogen) atoms. The number of hydrogen-bond acceptors (Lipinski definition) is 4. The first-order valence-corrected chi connectivity index (χ1v) is 7.94. The summed E-state index contributed by atoms with van der Waals surface area (Å²) in [6.45, 7) is 1.74. The van der Waals surface area contributed by atoms with E-state index < -0.39 is 0 Å². The molecule has 0 aliphatic carbocycles. The van der Waals surface area contributed by atoms with Gasteiger partial charge in [0.2, 0.25) is 0 Å². The number of fused-ring (bicyclic) bond motifs is 1. The summed E-state index contributed by atoms with van der Waals surface area (Å²) in [7, 11) is 2.04. The Morgan fingerprint density at radius 2 is 2.29 bits per heavy atom. The Bertz CT molecular complexity index is 405. The fourth-order valence-corrected chi connectivity index (χ4v) is 2.67. The lowest BCUT2D eigenvalue weighted by atomic mass is 10.3. The first-order chi connectivity index (χ1) is 7.77. The number of aryl methyl sites for hydroxylation is 1. The zero-order valence-corrected chi connectivity index (χ0v) is 15.2. The molecule has 0 atom stereocenters. The Morgan fingerprint density at radius 1 is 1.53 bits per heavy atom. The van der Waals surface area contributed by atoms with Crippen molar-refractivity contribution < 1.29 is 0 Å². The zero-order chi connectivity index (χ0) is 11.5. The molecule has 0 bridgehead atoms. The van der Waals surface area contributed by atoms with E-state index in [1.54, 1.807) is 11.8 Å². The van der Waals surface area contributed by atoms with Gasteiger partial charge in [0.1, 0.15) is 17.4 Å². The zero-order valence-electron chi connectivity index (χ0n) is 9.89. The van der Waals surface area contributed by atoms with Crippen LogP contribution in [-0.2, 0) is 6.54 Å². The van der Waals surface area contributed by atoms with E-state index in [-0.39, 0.29) is 24.0 Å².